The number of rotatable bonds is 5. The SMILES string of the molecule is O=C(O)CCOC1CCN(c2cc(Cl)nnc2Cl)CC1. The second kappa shape index (κ2) is 7.06. The van der Waals surface area contributed by atoms with Crippen molar-refractivity contribution in [1.82, 2.24) is 10.2 Å². The highest BCUT2D eigenvalue weighted by atomic mass is 35.5. The molecule has 0 aliphatic carbocycles. The van der Waals surface area contributed by atoms with Crippen molar-refractivity contribution in [2.24, 2.45) is 0 Å². The molecule has 0 unspecified atom stereocenters. The van der Waals surface area contributed by atoms with Crippen LogP contribution in [0, 0.1) is 0 Å². The van der Waals surface area contributed by atoms with Gasteiger partial charge in [0.15, 0.2) is 10.3 Å². The summed E-state index contributed by atoms with van der Waals surface area (Å²) in [6.07, 6.45) is 1.76. The Balaban J connectivity index is 1.84. The molecular weight excluding hydrogens is 305 g/mol. The minimum Gasteiger partial charge on any atom is -0.481 e. The molecule has 20 heavy (non-hydrogen) atoms. The third-order valence-corrected chi connectivity index (χ3v) is 3.61. The van der Waals surface area contributed by atoms with Crippen LogP contribution in [-0.4, -0.2) is 47.1 Å². The summed E-state index contributed by atoms with van der Waals surface area (Å²) >= 11 is 11.8. The monoisotopic (exact) mass is 319 g/mol. The molecule has 0 bridgehead atoms. The van der Waals surface area contributed by atoms with Gasteiger partial charge in [0.05, 0.1) is 24.8 Å². The van der Waals surface area contributed by atoms with Gasteiger partial charge >= 0.3 is 5.97 Å². The number of aliphatic carboxylic acids is 1. The molecule has 1 aromatic heterocycles. The summed E-state index contributed by atoms with van der Waals surface area (Å²) in [5.41, 5.74) is 0.774. The van der Waals surface area contributed by atoms with Crippen molar-refractivity contribution in [3.8, 4) is 0 Å². The summed E-state index contributed by atoms with van der Waals surface area (Å²) in [5.74, 6) is -0.841. The zero-order chi connectivity index (χ0) is 14.5. The number of piperidine rings is 1. The fraction of sp³-hybridized carbons (Fsp3) is 0.583. The van der Waals surface area contributed by atoms with Crippen molar-refractivity contribution in [3.05, 3.63) is 16.4 Å². The van der Waals surface area contributed by atoms with Gasteiger partial charge in [-0.1, -0.05) is 23.2 Å². The van der Waals surface area contributed by atoms with E-state index < -0.39 is 5.97 Å². The molecule has 0 atom stereocenters. The van der Waals surface area contributed by atoms with E-state index in [1.54, 1.807) is 6.07 Å². The van der Waals surface area contributed by atoms with E-state index in [-0.39, 0.29) is 19.1 Å². The predicted molar refractivity (Wildman–Crippen MR) is 75.5 cm³/mol. The van der Waals surface area contributed by atoms with Gasteiger partial charge in [-0.05, 0) is 12.8 Å². The molecule has 1 saturated heterocycles. The Morgan fingerprint density at radius 1 is 1.40 bits per heavy atom. The number of hydrogen-bond acceptors (Lipinski definition) is 5. The van der Waals surface area contributed by atoms with Gasteiger partial charge < -0.3 is 14.7 Å². The van der Waals surface area contributed by atoms with Gasteiger partial charge in [-0.3, -0.25) is 4.79 Å². The highest BCUT2D eigenvalue weighted by Gasteiger charge is 2.22. The molecule has 0 aromatic carbocycles. The number of carbonyl (C=O) groups is 1. The molecule has 0 spiro atoms. The fourth-order valence-electron chi connectivity index (χ4n) is 2.14. The summed E-state index contributed by atoms with van der Waals surface area (Å²) in [4.78, 5) is 12.5. The van der Waals surface area contributed by atoms with E-state index in [1.807, 2.05) is 0 Å². The van der Waals surface area contributed by atoms with E-state index >= 15 is 0 Å². The average molecular weight is 320 g/mol. The Hall–Kier alpha value is -1.11. The standard InChI is InChI=1S/C12H15Cl2N3O3/c13-10-7-9(12(14)16-15-10)17-4-1-8(2-5-17)20-6-3-11(18)19/h7-8H,1-6H2,(H,18,19). The molecule has 1 aromatic rings. The first kappa shape index (κ1) is 15.3. The summed E-state index contributed by atoms with van der Waals surface area (Å²) < 4.78 is 5.54. The molecule has 1 fully saturated rings. The van der Waals surface area contributed by atoms with E-state index in [4.69, 9.17) is 33.0 Å². The van der Waals surface area contributed by atoms with E-state index in [1.165, 1.54) is 0 Å². The van der Waals surface area contributed by atoms with Crippen molar-refractivity contribution in [1.29, 1.82) is 0 Å². The third-order valence-electron chi connectivity index (χ3n) is 3.15. The lowest BCUT2D eigenvalue weighted by Gasteiger charge is -2.33. The molecule has 2 rings (SSSR count). The zero-order valence-corrected chi connectivity index (χ0v) is 12.3. The van der Waals surface area contributed by atoms with Crippen LogP contribution in [0.15, 0.2) is 6.07 Å². The highest BCUT2D eigenvalue weighted by molar-refractivity contribution is 6.33. The van der Waals surface area contributed by atoms with Crippen LogP contribution in [-0.2, 0) is 9.53 Å². The van der Waals surface area contributed by atoms with Crippen LogP contribution in [0.2, 0.25) is 10.3 Å². The van der Waals surface area contributed by atoms with Crippen molar-refractivity contribution in [2.45, 2.75) is 25.4 Å². The first-order chi connectivity index (χ1) is 9.56. The molecule has 6 nitrogen and oxygen atoms in total. The lowest BCUT2D eigenvalue weighted by Crippen LogP contribution is -2.37. The molecule has 0 amide bonds. The smallest absolute Gasteiger partial charge is 0.305 e. The number of ether oxygens (including phenoxy) is 1. The molecule has 1 aliphatic heterocycles. The molecule has 8 heteroatoms. The van der Waals surface area contributed by atoms with Gasteiger partial charge in [-0.15, -0.1) is 10.2 Å². The average Bonchev–Trinajstić information content (AvgIpc) is 2.42. The van der Waals surface area contributed by atoms with Crippen LogP contribution in [0.1, 0.15) is 19.3 Å². The second-order valence-corrected chi connectivity index (χ2v) is 5.29. The Morgan fingerprint density at radius 3 is 2.75 bits per heavy atom. The summed E-state index contributed by atoms with van der Waals surface area (Å²) in [6.45, 7) is 1.78. The number of carboxylic acids is 1. The van der Waals surface area contributed by atoms with E-state index in [0.29, 0.717) is 10.3 Å². The van der Waals surface area contributed by atoms with Crippen LogP contribution in [0.5, 0.6) is 0 Å². The van der Waals surface area contributed by atoms with Crippen molar-refractivity contribution >= 4 is 34.9 Å². The topological polar surface area (TPSA) is 75.6 Å². The Labute approximate surface area is 126 Å². The zero-order valence-electron chi connectivity index (χ0n) is 10.8. The van der Waals surface area contributed by atoms with Crippen LogP contribution in [0.3, 0.4) is 0 Å². The highest BCUT2D eigenvalue weighted by Crippen LogP contribution is 2.28. The number of hydrogen-bond donors (Lipinski definition) is 1. The Kier molecular flexibility index (Phi) is 5.39. The van der Waals surface area contributed by atoms with Crippen LogP contribution >= 0.6 is 23.2 Å². The summed E-state index contributed by atoms with van der Waals surface area (Å²) in [7, 11) is 0. The maximum absolute atomic E-state index is 10.4. The lowest BCUT2D eigenvalue weighted by atomic mass is 10.1. The maximum Gasteiger partial charge on any atom is 0.305 e. The van der Waals surface area contributed by atoms with E-state index in [0.717, 1.165) is 31.6 Å². The number of carboxylic acid groups (broad SMARTS) is 1. The van der Waals surface area contributed by atoms with E-state index in [9.17, 15) is 4.79 Å². The van der Waals surface area contributed by atoms with Crippen molar-refractivity contribution in [2.75, 3.05) is 24.6 Å². The van der Waals surface area contributed by atoms with E-state index in [2.05, 4.69) is 15.1 Å². The first-order valence-corrected chi connectivity index (χ1v) is 7.09. The molecular formula is C12H15Cl2N3O3. The van der Waals surface area contributed by atoms with Crippen molar-refractivity contribution < 1.29 is 14.6 Å². The normalized spacial score (nSPS) is 16.4. The van der Waals surface area contributed by atoms with Gasteiger partial charge in [0.1, 0.15) is 0 Å². The maximum atomic E-state index is 10.4. The quantitative estimate of drug-likeness (QED) is 0.897. The number of halogens is 2. The predicted octanol–water partition coefficient (Wildman–Crippen LogP) is 2.24. The molecule has 2 heterocycles. The summed E-state index contributed by atoms with van der Waals surface area (Å²) in [6, 6.07) is 1.70. The van der Waals surface area contributed by atoms with Gasteiger partial charge in [-0.2, -0.15) is 0 Å². The first-order valence-electron chi connectivity index (χ1n) is 6.33. The molecule has 1 aliphatic rings. The lowest BCUT2D eigenvalue weighted by molar-refractivity contribution is -0.138. The second-order valence-electron chi connectivity index (χ2n) is 4.54. The van der Waals surface area contributed by atoms with Crippen LogP contribution in [0.25, 0.3) is 0 Å². The van der Waals surface area contributed by atoms with Crippen molar-refractivity contribution in [3.63, 3.8) is 0 Å². The fourth-order valence-corrected chi connectivity index (χ4v) is 2.50. The van der Waals surface area contributed by atoms with Gasteiger partial charge in [0.2, 0.25) is 0 Å². The minimum absolute atomic E-state index is 0.0376. The van der Waals surface area contributed by atoms with Crippen LogP contribution < -0.4 is 4.90 Å². The molecule has 0 saturated carbocycles. The molecule has 1 N–H and O–H groups in total. The summed E-state index contributed by atoms with van der Waals surface area (Å²) in [5, 5.41) is 16.7. The van der Waals surface area contributed by atoms with Gasteiger partial charge in [-0.25, -0.2) is 0 Å². The minimum atomic E-state index is -0.841. The number of nitrogens with zero attached hydrogens (tertiary/aromatic N) is 3. The Morgan fingerprint density at radius 2 is 2.10 bits per heavy atom. The molecule has 110 valence electrons. The number of anilines is 1. The number of aromatic nitrogens is 2. The third kappa shape index (κ3) is 4.19. The molecule has 0 radical (unpaired) electrons. The van der Waals surface area contributed by atoms with Gasteiger partial charge in [0, 0.05) is 19.2 Å². The largest absolute Gasteiger partial charge is 0.481 e. The Bertz CT molecular complexity index is 479. The van der Waals surface area contributed by atoms with Crippen LogP contribution in [0.4, 0.5) is 5.69 Å². The van der Waals surface area contributed by atoms with Gasteiger partial charge in [0.25, 0.3) is 0 Å².